The van der Waals surface area contributed by atoms with Crippen molar-refractivity contribution in [3.63, 3.8) is 0 Å². The Hall–Kier alpha value is -1.63. The first kappa shape index (κ1) is 18.7. The zero-order valence-electron chi connectivity index (χ0n) is 15.0. The Kier molecular flexibility index (Phi) is 7.49. The van der Waals surface area contributed by atoms with Crippen LogP contribution in [0.3, 0.4) is 0 Å². The van der Waals surface area contributed by atoms with Crippen molar-refractivity contribution >= 4 is 23.2 Å². The molecule has 0 bridgehead atoms. The van der Waals surface area contributed by atoms with E-state index >= 15 is 0 Å². The standard InChI is InChI=1S/C17H29N5OS/c1-4-18-17(19-8-7-16(23)22-9-5-6-10-22)20-11-15-21-14(12-24-15)13(2)3/h12-13H,4-11H2,1-3H3,(H2,18,19,20). The summed E-state index contributed by atoms with van der Waals surface area (Å²) in [6.45, 7) is 10.1. The predicted molar refractivity (Wildman–Crippen MR) is 99.5 cm³/mol. The highest BCUT2D eigenvalue weighted by Gasteiger charge is 2.17. The molecule has 1 aliphatic rings. The van der Waals surface area contributed by atoms with Crippen molar-refractivity contribution in [1.29, 1.82) is 0 Å². The molecule has 2 N–H and O–H groups in total. The lowest BCUT2D eigenvalue weighted by Gasteiger charge is -2.16. The van der Waals surface area contributed by atoms with Gasteiger partial charge in [-0.25, -0.2) is 9.98 Å². The molecule has 6 nitrogen and oxygen atoms in total. The Balaban J connectivity index is 1.80. The second-order valence-corrected chi connectivity index (χ2v) is 7.22. The normalized spacial score (nSPS) is 15.2. The molecular weight excluding hydrogens is 322 g/mol. The predicted octanol–water partition coefficient (Wildman–Crippen LogP) is 2.33. The average molecular weight is 352 g/mol. The van der Waals surface area contributed by atoms with Gasteiger partial charge < -0.3 is 15.5 Å². The van der Waals surface area contributed by atoms with E-state index in [0.29, 0.717) is 25.4 Å². The van der Waals surface area contributed by atoms with Gasteiger partial charge in [-0.05, 0) is 25.7 Å². The summed E-state index contributed by atoms with van der Waals surface area (Å²) in [4.78, 5) is 23.2. The number of nitrogens with zero attached hydrogens (tertiary/aromatic N) is 3. The molecule has 0 unspecified atom stereocenters. The molecule has 0 radical (unpaired) electrons. The SMILES string of the molecule is CCNC(=NCc1nc(C(C)C)cs1)NCCC(=O)N1CCCC1. The fraction of sp³-hybridized carbons (Fsp3) is 0.706. The van der Waals surface area contributed by atoms with Crippen LogP contribution in [0.25, 0.3) is 0 Å². The van der Waals surface area contributed by atoms with Gasteiger partial charge in [0.25, 0.3) is 0 Å². The van der Waals surface area contributed by atoms with Crippen LogP contribution >= 0.6 is 11.3 Å². The zero-order chi connectivity index (χ0) is 17.4. The topological polar surface area (TPSA) is 69.6 Å². The van der Waals surface area contributed by atoms with Crippen LogP contribution in [0.1, 0.15) is 56.7 Å². The van der Waals surface area contributed by atoms with Gasteiger partial charge in [0.1, 0.15) is 5.01 Å². The molecule has 2 rings (SSSR count). The number of hydrogen-bond acceptors (Lipinski definition) is 4. The van der Waals surface area contributed by atoms with Crippen molar-refractivity contribution in [2.24, 2.45) is 4.99 Å². The second kappa shape index (κ2) is 9.61. The lowest BCUT2D eigenvalue weighted by Crippen LogP contribution is -2.39. The van der Waals surface area contributed by atoms with Crippen LogP contribution in [0.4, 0.5) is 0 Å². The highest BCUT2D eigenvalue weighted by atomic mass is 32.1. The lowest BCUT2D eigenvalue weighted by molar-refractivity contribution is -0.129. The summed E-state index contributed by atoms with van der Waals surface area (Å²) >= 11 is 1.65. The van der Waals surface area contributed by atoms with Gasteiger partial charge in [0.2, 0.25) is 5.91 Å². The van der Waals surface area contributed by atoms with Crippen LogP contribution < -0.4 is 10.6 Å². The molecule has 1 aromatic rings. The first-order valence-corrected chi connectivity index (χ1v) is 9.72. The van der Waals surface area contributed by atoms with E-state index in [1.54, 1.807) is 11.3 Å². The summed E-state index contributed by atoms with van der Waals surface area (Å²) in [5, 5.41) is 9.58. The Morgan fingerprint density at radius 2 is 2.12 bits per heavy atom. The Labute approximate surface area is 148 Å². The van der Waals surface area contributed by atoms with Gasteiger partial charge in [-0.1, -0.05) is 13.8 Å². The first-order valence-electron chi connectivity index (χ1n) is 8.84. The van der Waals surface area contributed by atoms with Gasteiger partial charge in [0.05, 0.1) is 12.2 Å². The molecule has 1 fully saturated rings. The zero-order valence-corrected chi connectivity index (χ0v) is 15.8. The number of hydrogen-bond donors (Lipinski definition) is 2. The minimum atomic E-state index is 0.234. The molecule has 0 saturated carbocycles. The van der Waals surface area contributed by atoms with Crippen molar-refractivity contribution in [3.8, 4) is 0 Å². The average Bonchev–Trinajstić information content (AvgIpc) is 3.24. The van der Waals surface area contributed by atoms with Crippen LogP contribution in [0.15, 0.2) is 10.4 Å². The number of nitrogens with one attached hydrogen (secondary N) is 2. The highest BCUT2D eigenvalue weighted by molar-refractivity contribution is 7.09. The number of likely N-dealkylation sites (tertiary alicyclic amines) is 1. The van der Waals surface area contributed by atoms with E-state index in [-0.39, 0.29) is 5.91 Å². The van der Waals surface area contributed by atoms with Gasteiger partial charge in [-0.15, -0.1) is 11.3 Å². The molecule has 7 heteroatoms. The molecule has 1 aromatic heterocycles. The number of guanidine groups is 1. The van der Waals surface area contributed by atoms with Crippen LogP contribution in [-0.4, -0.2) is 47.9 Å². The monoisotopic (exact) mass is 351 g/mol. The Morgan fingerprint density at radius 3 is 2.75 bits per heavy atom. The number of carbonyl (C=O) groups is 1. The van der Waals surface area contributed by atoms with E-state index in [1.807, 2.05) is 11.8 Å². The number of aliphatic imine (C=N–C) groups is 1. The van der Waals surface area contributed by atoms with Crippen molar-refractivity contribution in [2.75, 3.05) is 26.2 Å². The van der Waals surface area contributed by atoms with Gasteiger partial charge in [0, 0.05) is 38.0 Å². The summed E-state index contributed by atoms with van der Waals surface area (Å²) in [5.41, 5.74) is 1.12. The van der Waals surface area contributed by atoms with Crippen molar-refractivity contribution in [1.82, 2.24) is 20.5 Å². The number of thiazole rings is 1. The van der Waals surface area contributed by atoms with E-state index < -0.39 is 0 Å². The van der Waals surface area contributed by atoms with Crippen molar-refractivity contribution < 1.29 is 4.79 Å². The van der Waals surface area contributed by atoms with Crippen LogP contribution in [0.2, 0.25) is 0 Å². The summed E-state index contributed by atoms with van der Waals surface area (Å²) in [6.07, 6.45) is 2.78. The van der Waals surface area contributed by atoms with Crippen molar-refractivity contribution in [2.45, 2.75) is 52.5 Å². The molecule has 1 saturated heterocycles. The summed E-state index contributed by atoms with van der Waals surface area (Å²) < 4.78 is 0. The van der Waals surface area contributed by atoms with E-state index in [0.717, 1.165) is 49.1 Å². The third-order valence-electron chi connectivity index (χ3n) is 3.97. The quantitative estimate of drug-likeness (QED) is 0.584. The number of aromatic nitrogens is 1. The number of carbonyl (C=O) groups excluding carboxylic acids is 1. The maximum absolute atomic E-state index is 12.0. The lowest BCUT2D eigenvalue weighted by atomic mass is 10.2. The van der Waals surface area contributed by atoms with Gasteiger partial charge >= 0.3 is 0 Å². The van der Waals surface area contributed by atoms with E-state index in [9.17, 15) is 4.79 Å². The minimum Gasteiger partial charge on any atom is -0.357 e. The van der Waals surface area contributed by atoms with E-state index in [2.05, 4.69) is 39.8 Å². The van der Waals surface area contributed by atoms with Gasteiger partial charge in [-0.3, -0.25) is 4.79 Å². The molecular formula is C17H29N5OS. The molecule has 1 amide bonds. The molecule has 0 aromatic carbocycles. The van der Waals surface area contributed by atoms with Gasteiger partial charge in [0.15, 0.2) is 5.96 Å². The third-order valence-corrected chi connectivity index (χ3v) is 4.82. The summed E-state index contributed by atoms with van der Waals surface area (Å²) in [6, 6.07) is 0. The Bertz CT molecular complexity index is 549. The molecule has 134 valence electrons. The van der Waals surface area contributed by atoms with Crippen LogP contribution in [0.5, 0.6) is 0 Å². The Morgan fingerprint density at radius 1 is 1.38 bits per heavy atom. The fourth-order valence-electron chi connectivity index (χ4n) is 2.56. The molecule has 0 aliphatic carbocycles. The molecule has 1 aliphatic heterocycles. The highest BCUT2D eigenvalue weighted by Crippen LogP contribution is 2.18. The summed E-state index contributed by atoms with van der Waals surface area (Å²) in [5.74, 6) is 1.42. The third kappa shape index (κ3) is 5.78. The smallest absolute Gasteiger partial charge is 0.224 e. The van der Waals surface area contributed by atoms with Crippen LogP contribution in [0, 0.1) is 0 Å². The van der Waals surface area contributed by atoms with Crippen LogP contribution in [-0.2, 0) is 11.3 Å². The van der Waals surface area contributed by atoms with E-state index in [4.69, 9.17) is 0 Å². The van der Waals surface area contributed by atoms with Gasteiger partial charge in [-0.2, -0.15) is 0 Å². The second-order valence-electron chi connectivity index (χ2n) is 6.28. The largest absolute Gasteiger partial charge is 0.357 e. The fourth-order valence-corrected chi connectivity index (χ4v) is 3.44. The minimum absolute atomic E-state index is 0.234. The maximum atomic E-state index is 12.0. The maximum Gasteiger partial charge on any atom is 0.224 e. The van der Waals surface area contributed by atoms with E-state index in [1.165, 1.54) is 0 Å². The van der Waals surface area contributed by atoms with Crippen molar-refractivity contribution in [3.05, 3.63) is 16.1 Å². The molecule has 0 atom stereocenters. The molecule has 0 spiro atoms. The molecule has 2 heterocycles. The number of rotatable bonds is 7. The number of amides is 1. The first-order chi connectivity index (χ1) is 11.6. The summed E-state index contributed by atoms with van der Waals surface area (Å²) in [7, 11) is 0. The molecule has 24 heavy (non-hydrogen) atoms.